The number of rotatable bonds is 4. The molecule has 0 saturated heterocycles. The third kappa shape index (κ3) is 3.90. The van der Waals surface area contributed by atoms with Crippen molar-refractivity contribution in [3.05, 3.63) is 24.3 Å². The Balaban J connectivity index is 1.56. The highest BCUT2D eigenvalue weighted by atomic mass is 16.6. The van der Waals surface area contributed by atoms with Gasteiger partial charge in [0.25, 0.3) is 5.91 Å². The summed E-state index contributed by atoms with van der Waals surface area (Å²) in [6.45, 7) is 1.51. The summed E-state index contributed by atoms with van der Waals surface area (Å²) in [6.07, 6.45) is 2.14. The molecular formula is C19H22N2O5. The molecule has 7 nitrogen and oxygen atoms in total. The number of carbonyl (C=O) groups is 2. The van der Waals surface area contributed by atoms with Gasteiger partial charge in [0, 0.05) is 0 Å². The Morgan fingerprint density at radius 1 is 1.27 bits per heavy atom. The van der Waals surface area contributed by atoms with Crippen molar-refractivity contribution in [1.82, 2.24) is 5.32 Å². The number of hydrogen-bond acceptors (Lipinski definition) is 6. The maximum Gasteiger partial charge on any atom is 0.351 e. The number of nitrogens with zero attached hydrogens (tertiary/aromatic N) is 1. The fourth-order valence-corrected chi connectivity index (χ4v) is 3.20. The van der Waals surface area contributed by atoms with Crippen LogP contribution in [0.15, 0.2) is 24.3 Å². The summed E-state index contributed by atoms with van der Waals surface area (Å²) in [7, 11) is 0. The third-order valence-corrected chi connectivity index (χ3v) is 4.72. The lowest BCUT2D eigenvalue weighted by Gasteiger charge is -2.32. The van der Waals surface area contributed by atoms with E-state index in [2.05, 4.69) is 11.4 Å². The molecule has 1 aliphatic carbocycles. The lowest BCUT2D eigenvalue weighted by molar-refractivity contribution is -0.164. The van der Waals surface area contributed by atoms with Crippen LogP contribution in [-0.4, -0.2) is 36.2 Å². The molecule has 2 aliphatic rings. The van der Waals surface area contributed by atoms with Crippen LogP contribution in [0, 0.1) is 11.3 Å². The van der Waals surface area contributed by atoms with E-state index >= 15 is 0 Å². The summed E-state index contributed by atoms with van der Waals surface area (Å²) in [4.78, 5) is 24.7. The summed E-state index contributed by atoms with van der Waals surface area (Å²) >= 11 is 0. The quantitative estimate of drug-likeness (QED) is 0.828. The molecule has 138 valence electrons. The lowest BCUT2D eigenvalue weighted by Crippen LogP contribution is -2.52. The van der Waals surface area contributed by atoms with Gasteiger partial charge in [0.1, 0.15) is 12.1 Å². The first-order valence-corrected chi connectivity index (χ1v) is 8.85. The van der Waals surface area contributed by atoms with Gasteiger partial charge in [0.05, 0.1) is 6.07 Å². The van der Waals surface area contributed by atoms with E-state index < -0.39 is 29.6 Å². The van der Waals surface area contributed by atoms with E-state index in [1.807, 2.05) is 6.07 Å². The molecule has 0 aromatic heterocycles. The normalized spacial score (nSPS) is 21.8. The number of ether oxygens (including phenoxy) is 3. The molecule has 0 spiro atoms. The molecule has 1 aliphatic heterocycles. The molecule has 1 fully saturated rings. The zero-order chi connectivity index (χ0) is 18.6. The average Bonchev–Trinajstić information content (AvgIpc) is 2.68. The fourth-order valence-electron chi connectivity index (χ4n) is 3.20. The molecule has 7 heteroatoms. The van der Waals surface area contributed by atoms with E-state index in [-0.39, 0.29) is 6.61 Å². The number of fused-ring (bicyclic) bond motifs is 1. The largest absolute Gasteiger partial charge is 0.485 e. The van der Waals surface area contributed by atoms with Gasteiger partial charge >= 0.3 is 5.97 Å². The highest BCUT2D eigenvalue weighted by molar-refractivity contribution is 5.85. The molecule has 26 heavy (non-hydrogen) atoms. The molecule has 1 heterocycles. The predicted octanol–water partition coefficient (Wildman–Crippen LogP) is 2.10. The number of nitriles is 1. The number of esters is 1. The number of benzene rings is 1. The van der Waals surface area contributed by atoms with Crippen molar-refractivity contribution >= 4 is 11.9 Å². The van der Waals surface area contributed by atoms with E-state index in [1.165, 1.54) is 6.92 Å². The standard InChI is InChI=1S/C19H22N2O5/c1-13(17(22)21-19(12-20)9-5-2-6-10-19)25-18(23)16-11-24-14-7-3-4-8-15(14)26-16/h3-4,7-8,13,16H,2,5-6,9-11H2,1H3,(H,21,22)/t13-,16-/m1/s1. The van der Waals surface area contributed by atoms with Gasteiger partial charge in [-0.15, -0.1) is 0 Å². The maximum absolute atomic E-state index is 12.4. The number of para-hydroxylation sites is 2. The summed E-state index contributed by atoms with van der Waals surface area (Å²) in [5.41, 5.74) is -0.862. The van der Waals surface area contributed by atoms with Crippen LogP contribution in [0.3, 0.4) is 0 Å². The first kappa shape index (κ1) is 18.1. The van der Waals surface area contributed by atoms with Crippen LogP contribution < -0.4 is 14.8 Å². The topological polar surface area (TPSA) is 97.7 Å². The van der Waals surface area contributed by atoms with Crippen LogP contribution in [0.4, 0.5) is 0 Å². The first-order valence-electron chi connectivity index (χ1n) is 8.85. The van der Waals surface area contributed by atoms with Gasteiger partial charge in [-0.3, -0.25) is 4.79 Å². The maximum atomic E-state index is 12.4. The molecule has 1 amide bonds. The summed E-state index contributed by atoms with van der Waals surface area (Å²) in [5.74, 6) is -0.116. The van der Waals surface area contributed by atoms with Crippen LogP contribution in [-0.2, 0) is 14.3 Å². The van der Waals surface area contributed by atoms with Crippen molar-refractivity contribution in [3.63, 3.8) is 0 Å². The molecule has 1 aromatic rings. The second-order valence-electron chi connectivity index (χ2n) is 6.69. The monoisotopic (exact) mass is 358 g/mol. The Morgan fingerprint density at radius 3 is 2.65 bits per heavy atom. The summed E-state index contributed by atoms with van der Waals surface area (Å²) in [5, 5.41) is 12.2. The van der Waals surface area contributed by atoms with Gasteiger partial charge in [-0.1, -0.05) is 31.4 Å². The van der Waals surface area contributed by atoms with Crippen molar-refractivity contribution in [1.29, 1.82) is 5.26 Å². The van der Waals surface area contributed by atoms with Crippen LogP contribution >= 0.6 is 0 Å². The number of carbonyl (C=O) groups excluding carboxylic acids is 2. The van der Waals surface area contributed by atoms with E-state index in [1.54, 1.807) is 18.2 Å². The van der Waals surface area contributed by atoms with Gasteiger partial charge < -0.3 is 19.5 Å². The van der Waals surface area contributed by atoms with Crippen molar-refractivity contribution < 1.29 is 23.8 Å². The first-order chi connectivity index (χ1) is 12.5. The van der Waals surface area contributed by atoms with Gasteiger partial charge in [0.15, 0.2) is 17.6 Å². The van der Waals surface area contributed by atoms with E-state index in [0.717, 1.165) is 19.3 Å². The second kappa shape index (κ2) is 7.65. The van der Waals surface area contributed by atoms with Crippen LogP contribution in [0.5, 0.6) is 11.5 Å². The zero-order valence-corrected chi connectivity index (χ0v) is 14.7. The molecule has 0 unspecified atom stereocenters. The SMILES string of the molecule is C[C@@H](OC(=O)[C@H]1COc2ccccc2O1)C(=O)NC1(C#N)CCCCC1. The van der Waals surface area contributed by atoms with Crippen molar-refractivity contribution in [2.24, 2.45) is 0 Å². The van der Waals surface area contributed by atoms with Gasteiger partial charge in [-0.2, -0.15) is 5.26 Å². The minimum Gasteiger partial charge on any atom is -0.485 e. The number of nitrogens with one attached hydrogen (secondary N) is 1. The molecule has 1 aromatic carbocycles. The van der Waals surface area contributed by atoms with Gasteiger partial charge in [-0.05, 0) is 31.9 Å². The Bertz CT molecular complexity index is 721. The smallest absolute Gasteiger partial charge is 0.351 e. The minimum absolute atomic E-state index is 0.0202. The molecule has 0 radical (unpaired) electrons. The second-order valence-corrected chi connectivity index (χ2v) is 6.69. The van der Waals surface area contributed by atoms with Gasteiger partial charge in [-0.25, -0.2) is 4.79 Å². The van der Waals surface area contributed by atoms with E-state index in [4.69, 9.17) is 14.2 Å². The Labute approximate surface area is 152 Å². The van der Waals surface area contributed by atoms with Crippen LogP contribution in [0.1, 0.15) is 39.0 Å². The summed E-state index contributed by atoms with van der Waals surface area (Å²) < 4.78 is 16.3. The molecular weight excluding hydrogens is 336 g/mol. The number of hydrogen-bond donors (Lipinski definition) is 1. The molecule has 1 N–H and O–H groups in total. The fraction of sp³-hybridized carbons (Fsp3) is 0.526. The Hall–Kier alpha value is -2.75. The van der Waals surface area contributed by atoms with Crippen molar-refractivity contribution in [2.45, 2.75) is 56.8 Å². The van der Waals surface area contributed by atoms with E-state index in [9.17, 15) is 14.9 Å². The molecule has 1 saturated carbocycles. The third-order valence-electron chi connectivity index (χ3n) is 4.72. The average molecular weight is 358 g/mol. The van der Waals surface area contributed by atoms with Crippen LogP contribution in [0.2, 0.25) is 0 Å². The molecule has 2 atom stereocenters. The molecule has 3 rings (SSSR count). The minimum atomic E-state index is -1.02. The lowest BCUT2D eigenvalue weighted by atomic mass is 9.83. The van der Waals surface area contributed by atoms with Crippen molar-refractivity contribution in [2.75, 3.05) is 6.61 Å². The van der Waals surface area contributed by atoms with Crippen molar-refractivity contribution in [3.8, 4) is 17.6 Å². The Morgan fingerprint density at radius 2 is 1.96 bits per heavy atom. The zero-order valence-electron chi connectivity index (χ0n) is 14.7. The number of amides is 1. The van der Waals surface area contributed by atoms with Crippen LogP contribution in [0.25, 0.3) is 0 Å². The highest BCUT2D eigenvalue weighted by Crippen LogP contribution is 2.31. The Kier molecular flexibility index (Phi) is 5.31. The summed E-state index contributed by atoms with van der Waals surface area (Å²) in [6, 6.07) is 9.25. The molecule has 0 bridgehead atoms. The highest BCUT2D eigenvalue weighted by Gasteiger charge is 2.36. The van der Waals surface area contributed by atoms with E-state index in [0.29, 0.717) is 24.3 Å². The van der Waals surface area contributed by atoms with Gasteiger partial charge in [0.2, 0.25) is 6.10 Å². The predicted molar refractivity (Wildman–Crippen MR) is 91.5 cm³/mol.